The molecule has 34 heavy (non-hydrogen) atoms. The van der Waals surface area contributed by atoms with E-state index in [1.807, 2.05) is 6.92 Å². The molecular formula is C24H32ClN3O5S. The van der Waals surface area contributed by atoms with Crippen LogP contribution in [0.3, 0.4) is 0 Å². The number of sulfonamides is 1. The third-order valence-corrected chi connectivity index (χ3v) is 6.66. The third kappa shape index (κ3) is 7.36. The molecule has 0 fully saturated rings. The van der Waals surface area contributed by atoms with E-state index >= 15 is 0 Å². The zero-order valence-electron chi connectivity index (χ0n) is 20.0. The van der Waals surface area contributed by atoms with E-state index in [9.17, 15) is 18.0 Å². The Hall–Kier alpha value is -2.78. The number of nitrogens with zero attached hydrogens (tertiary/aromatic N) is 2. The zero-order valence-corrected chi connectivity index (χ0v) is 21.5. The van der Waals surface area contributed by atoms with Crippen LogP contribution >= 0.6 is 11.6 Å². The van der Waals surface area contributed by atoms with Crippen LogP contribution in [0.25, 0.3) is 0 Å². The summed E-state index contributed by atoms with van der Waals surface area (Å²) in [6, 6.07) is 12.7. The number of benzene rings is 2. The average Bonchev–Trinajstić information content (AvgIpc) is 2.79. The van der Waals surface area contributed by atoms with Gasteiger partial charge in [-0.25, -0.2) is 8.42 Å². The van der Waals surface area contributed by atoms with Crippen molar-refractivity contribution in [2.45, 2.75) is 39.8 Å². The predicted octanol–water partition coefficient (Wildman–Crippen LogP) is 3.45. The molecule has 2 aromatic carbocycles. The van der Waals surface area contributed by atoms with Gasteiger partial charge in [-0.1, -0.05) is 36.7 Å². The first-order valence-corrected chi connectivity index (χ1v) is 13.4. The van der Waals surface area contributed by atoms with E-state index in [2.05, 4.69) is 5.32 Å². The molecule has 2 aromatic rings. The molecule has 1 atom stereocenters. The molecule has 10 heteroatoms. The standard InChI is InChI=1S/C24H32ClN3O5S/c1-5-22(24(30)26-6-2)27(16-18-10-8-9-11-21(18)25)23(29)17-28(34(4,31)32)19-12-14-20(15-13-19)33-7-3/h8-15,22H,5-7,16-17H2,1-4H3,(H,26,30)/t22-/m0/s1. The lowest BCUT2D eigenvalue weighted by Crippen LogP contribution is -2.52. The second-order valence-electron chi connectivity index (χ2n) is 7.63. The monoisotopic (exact) mass is 509 g/mol. The molecule has 0 aliphatic heterocycles. The summed E-state index contributed by atoms with van der Waals surface area (Å²) >= 11 is 6.32. The molecule has 2 amide bonds. The Morgan fingerprint density at radius 3 is 2.24 bits per heavy atom. The van der Waals surface area contributed by atoms with Gasteiger partial charge in [-0.05, 0) is 56.2 Å². The summed E-state index contributed by atoms with van der Waals surface area (Å²) < 4.78 is 31.7. The number of anilines is 1. The molecule has 0 heterocycles. The Morgan fingerprint density at radius 1 is 1.06 bits per heavy atom. The van der Waals surface area contributed by atoms with E-state index in [4.69, 9.17) is 16.3 Å². The SMILES string of the molecule is CCNC(=O)[C@H](CC)N(Cc1ccccc1Cl)C(=O)CN(c1ccc(OCC)cc1)S(C)(=O)=O. The number of ether oxygens (including phenoxy) is 1. The number of halogens is 1. The fourth-order valence-electron chi connectivity index (χ4n) is 3.51. The van der Waals surface area contributed by atoms with Crippen LogP contribution < -0.4 is 14.4 Å². The van der Waals surface area contributed by atoms with Gasteiger partial charge < -0.3 is 15.0 Å². The van der Waals surface area contributed by atoms with Gasteiger partial charge in [-0.2, -0.15) is 0 Å². The Morgan fingerprint density at radius 2 is 1.71 bits per heavy atom. The van der Waals surface area contributed by atoms with Gasteiger partial charge in [-0.15, -0.1) is 0 Å². The minimum Gasteiger partial charge on any atom is -0.494 e. The summed E-state index contributed by atoms with van der Waals surface area (Å²) in [7, 11) is -3.80. The molecule has 0 unspecified atom stereocenters. The minimum absolute atomic E-state index is 0.0645. The summed E-state index contributed by atoms with van der Waals surface area (Å²) in [5.74, 6) is -0.233. The van der Waals surface area contributed by atoms with Crippen molar-refractivity contribution >= 4 is 39.1 Å². The maximum absolute atomic E-state index is 13.5. The average molecular weight is 510 g/mol. The lowest BCUT2D eigenvalue weighted by molar-refractivity contribution is -0.140. The van der Waals surface area contributed by atoms with Crippen LogP contribution in [0, 0.1) is 0 Å². The summed E-state index contributed by atoms with van der Waals surface area (Å²) in [4.78, 5) is 27.7. The van der Waals surface area contributed by atoms with E-state index < -0.39 is 28.5 Å². The van der Waals surface area contributed by atoms with Crippen LogP contribution in [0.1, 0.15) is 32.8 Å². The van der Waals surface area contributed by atoms with E-state index in [0.717, 1.165) is 10.6 Å². The fourth-order valence-corrected chi connectivity index (χ4v) is 4.56. The smallest absolute Gasteiger partial charge is 0.244 e. The van der Waals surface area contributed by atoms with Crippen molar-refractivity contribution in [3.05, 3.63) is 59.1 Å². The quantitative estimate of drug-likeness (QED) is 0.472. The van der Waals surface area contributed by atoms with E-state index in [0.29, 0.717) is 41.6 Å². The lowest BCUT2D eigenvalue weighted by Gasteiger charge is -2.33. The molecule has 0 spiro atoms. The van der Waals surface area contributed by atoms with Crippen LogP contribution in [-0.2, 0) is 26.2 Å². The largest absolute Gasteiger partial charge is 0.494 e. The topological polar surface area (TPSA) is 96.0 Å². The van der Waals surface area contributed by atoms with E-state index in [-0.39, 0.29) is 12.5 Å². The number of likely N-dealkylation sites (N-methyl/N-ethyl adjacent to an activating group) is 1. The van der Waals surface area contributed by atoms with Crippen molar-refractivity contribution < 1.29 is 22.7 Å². The van der Waals surface area contributed by atoms with Gasteiger partial charge >= 0.3 is 0 Å². The van der Waals surface area contributed by atoms with Gasteiger partial charge in [0.25, 0.3) is 0 Å². The number of nitrogens with one attached hydrogen (secondary N) is 1. The van der Waals surface area contributed by atoms with Gasteiger partial charge in [-0.3, -0.25) is 13.9 Å². The highest BCUT2D eigenvalue weighted by molar-refractivity contribution is 7.92. The molecule has 2 rings (SSSR count). The van der Waals surface area contributed by atoms with Gasteiger partial charge in [0.2, 0.25) is 21.8 Å². The first kappa shape index (κ1) is 27.5. The summed E-state index contributed by atoms with van der Waals surface area (Å²) in [5.41, 5.74) is 0.982. The van der Waals surface area contributed by atoms with Gasteiger partial charge in [0.05, 0.1) is 18.6 Å². The highest BCUT2D eigenvalue weighted by atomic mass is 35.5. The Bertz CT molecular complexity index is 1080. The molecule has 0 aromatic heterocycles. The molecule has 0 radical (unpaired) electrons. The van der Waals surface area contributed by atoms with Crippen molar-refractivity contribution in [1.82, 2.24) is 10.2 Å². The number of rotatable bonds is 12. The van der Waals surface area contributed by atoms with E-state index in [1.165, 1.54) is 4.90 Å². The van der Waals surface area contributed by atoms with E-state index in [1.54, 1.807) is 62.4 Å². The molecule has 1 N–H and O–H groups in total. The zero-order chi connectivity index (χ0) is 25.3. The van der Waals surface area contributed by atoms with Gasteiger partial charge in [0, 0.05) is 18.1 Å². The van der Waals surface area contributed by atoms with Crippen LogP contribution in [0.2, 0.25) is 5.02 Å². The number of carbonyl (C=O) groups excluding carboxylic acids is 2. The molecule has 0 aliphatic rings. The normalized spacial score (nSPS) is 12.0. The molecule has 0 saturated carbocycles. The third-order valence-electron chi connectivity index (χ3n) is 5.15. The second kappa shape index (κ2) is 12.6. The summed E-state index contributed by atoms with van der Waals surface area (Å²) in [6.45, 7) is 5.92. The van der Waals surface area contributed by atoms with Crippen LogP contribution in [0.15, 0.2) is 48.5 Å². The van der Waals surface area contributed by atoms with Crippen molar-refractivity contribution in [1.29, 1.82) is 0 Å². The Labute approximate surface area is 206 Å². The van der Waals surface area contributed by atoms with Gasteiger partial charge in [0.15, 0.2) is 0 Å². The molecule has 0 bridgehead atoms. The maximum Gasteiger partial charge on any atom is 0.244 e. The molecule has 0 aliphatic carbocycles. The predicted molar refractivity (Wildman–Crippen MR) is 135 cm³/mol. The van der Waals surface area contributed by atoms with Crippen LogP contribution in [-0.4, -0.2) is 57.1 Å². The molecular weight excluding hydrogens is 478 g/mol. The minimum atomic E-state index is -3.80. The maximum atomic E-state index is 13.5. The first-order valence-electron chi connectivity index (χ1n) is 11.1. The summed E-state index contributed by atoms with van der Waals surface area (Å²) in [6.07, 6.45) is 1.39. The number of hydrogen-bond acceptors (Lipinski definition) is 5. The van der Waals surface area contributed by atoms with Gasteiger partial charge in [0.1, 0.15) is 18.3 Å². The molecule has 186 valence electrons. The Balaban J connectivity index is 2.42. The molecule has 8 nitrogen and oxygen atoms in total. The fraction of sp³-hybridized carbons (Fsp3) is 0.417. The molecule has 0 saturated heterocycles. The number of hydrogen-bond donors (Lipinski definition) is 1. The van der Waals surface area contributed by atoms with Crippen molar-refractivity contribution in [3.63, 3.8) is 0 Å². The Kier molecular flexibility index (Phi) is 10.2. The first-order chi connectivity index (χ1) is 16.1. The lowest BCUT2D eigenvalue weighted by atomic mass is 10.1. The van der Waals surface area contributed by atoms with Crippen molar-refractivity contribution in [2.75, 3.05) is 30.3 Å². The van der Waals surface area contributed by atoms with Crippen LogP contribution in [0.5, 0.6) is 5.75 Å². The number of carbonyl (C=O) groups is 2. The summed E-state index contributed by atoms with van der Waals surface area (Å²) in [5, 5.41) is 3.21. The van der Waals surface area contributed by atoms with Crippen molar-refractivity contribution in [2.24, 2.45) is 0 Å². The highest BCUT2D eigenvalue weighted by Gasteiger charge is 2.31. The number of amides is 2. The highest BCUT2D eigenvalue weighted by Crippen LogP contribution is 2.24. The second-order valence-corrected chi connectivity index (χ2v) is 9.94. The van der Waals surface area contributed by atoms with Crippen LogP contribution in [0.4, 0.5) is 5.69 Å². The van der Waals surface area contributed by atoms with Crippen molar-refractivity contribution in [3.8, 4) is 5.75 Å².